The van der Waals surface area contributed by atoms with Crippen LogP contribution in [0.15, 0.2) is 36.9 Å². The summed E-state index contributed by atoms with van der Waals surface area (Å²) in [6.45, 7) is 5.06. The van der Waals surface area contributed by atoms with E-state index in [1.165, 1.54) is 12.4 Å². The fourth-order valence-corrected chi connectivity index (χ4v) is 3.84. The summed E-state index contributed by atoms with van der Waals surface area (Å²) in [7, 11) is 0. The normalized spacial score (nSPS) is 17.8. The topological polar surface area (TPSA) is 75.9 Å². The molecule has 3 aromatic rings. The van der Waals surface area contributed by atoms with E-state index in [0.717, 1.165) is 47.9 Å². The van der Waals surface area contributed by atoms with Crippen molar-refractivity contribution in [3.05, 3.63) is 36.9 Å². The van der Waals surface area contributed by atoms with Crippen molar-refractivity contribution in [3.8, 4) is 11.3 Å². The maximum atomic E-state index is 12.8. The van der Waals surface area contributed by atoms with Crippen LogP contribution in [0.5, 0.6) is 0 Å². The number of anilines is 1. The van der Waals surface area contributed by atoms with Gasteiger partial charge in [-0.15, -0.1) is 0 Å². The molecule has 0 radical (unpaired) electrons. The number of pyridine rings is 2. The van der Waals surface area contributed by atoms with Crippen molar-refractivity contribution in [1.29, 1.82) is 0 Å². The van der Waals surface area contributed by atoms with Gasteiger partial charge < -0.3 is 10.2 Å². The smallest absolute Gasteiger partial charge is 0.228 e. The minimum absolute atomic E-state index is 0.00497. The largest absolute Gasteiger partial charge is 0.310 e. The number of aromatic nitrogens is 4. The molecule has 1 amide bonds. The quantitative estimate of drug-likeness (QED) is 0.717. The Bertz CT molecular complexity index is 1100. The van der Waals surface area contributed by atoms with Crippen LogP contribution in [0.3, 0.4) is 0 Å². The number of rotatable bonds is 5. The number of fused-ring (bicyclic) bond motifs is 1. The summed E-state index contributed by atoms with van der Waals surface area (Å²) < 4.78 is 23.3. The molecule has 4 rings (SSSR count). The van der Waals surface area contributed by atoms with Crippen LogP contribution in [-0.4, -0.2) is 50.2 Å². The van der Waals surface area contributed by atoms with Crippen molar-refractivity contribution in [1.82, 2.24) is 24.6 Å². The molecule has 7 nitrogen and oxygen atoms in total. The van der Waals surface area contributed by atoms with Gasteiger partial charge in [0.25, 0.3) is 0 Å². The lowest BCUT2D eigenvalue weighted by atomic mass is 9.95. The number of nitrogens with zero attached hydrogens (tertiary/aromatic N) is 5. The third-order valence-electron chi connectivity index (χ3n) is 5.31. The summed E-state index contributed by atoms with van der Waals surface area (Å²) in [6, 6.07) is 3.67. The molecule has 0 unspecified atom stereocenters. The first-order valence-corrected chi connectivity index (χ1v) is 10.0. The lowest BCUT2D eigenvalue weighted by molar-refractivity contribution is -0.121. The van der Waals surface area contributed by atoms with Crippen LogP contribution in [-0.2, 0) is 11.8 Å². The molecule has 1 aliphatic heterocycles. The van der Waals surface area contributed by atoms with E-state index in [2.05, 4.69) is 39.1 Å². The van der Waals surface area contributed by atoms with E-state index in [9.17, 15) is 4.79 Å². The molecule has 0 bridgehead atoms. The molecular formula is C22H28N6O. The van der Waals surface area contributed by atoms with Gasteiger partial charge in [-0.1, -0.05) is 13.8 Å². The van der Waals surface area contributed by atoms with Crippen molar-refractivity contribution in [2.24, 2.45) is 18.8 Å². The number of carbonyl (C=O) groups is 1. The fraction of sp³-hybridized carbons (Fsp3) is 0.455. The Morgan fingerprint density at radius 2 is 2.00 bits per heavy atom. The number of likely N-dealkylation sites (tertiary alicyclic amines) is 1. The average Bonchev–Trinajstić information content (AvgIpc) is 3.24. The molecular weight excluding hydrogens is 364 g/mol. The van der Waals surface area contributed by atoms with Gasteiger partial charge in [0.05, 0.1) is 11.9 Å². The first-order chi connectivity index (χ1) is 15.2. The Morgan fingerprint density at radius 3 is 2.72 bits per heavy atom. The lowest BCUT2D eigenvalue weighted by Crippen LogP contribution is -2.39. The zero-order chi connectivity index (χ0) is 22.9. The number of hydrogen-bond donors (Lipinski definition) is 1. The second kappa shape index (κ2) is 8.29. The first-order valence-electron chi connectivity index (χ1n) is 11.5. The Hall–Kier alpha value is -2.80. The van der Waals surface area contributed by atoms with Crippen LogP contribution in [0, 0.1) is 11.8 Å². The predicted molar refractivity (Wildman–Crippen MR) is 114 cm³/mol. The Labute approximate surface area is 175 Å². The molecule has 0 saturated carbocycles. The molecule has 7 heteroatoms. The van der Waals surface area contributed by atoms with Gasteiger partial charge >= 0.3 is 0 Å². The van der Waals surface area contributed by atoms with Crippen molar-refractivity contribution >= 4 is 22.5 Å². The number of nitrogens with one attached hydrogen (secondary N) is 1. The summed E-state index contributed by atoms with van der Waals surface area (Å²) >= 11 is 0. The molecule has 1 saturated heterocycles. The van der Waals surface area contributed by atoms with E-state index in [1.807, 2.05) is 12.1 Å². The van der Waals surface area contributed by atoms with Gasteiger partial charge in [-0.05, 0) is 49.4 Å². The fourth-order valence-electron chi connectivity index (χ4n) is 3.84. The molecule has 0 aliphatic carbocycles. The number of piperidine rings is 1. The van der Waals surface area contributed by atoms with Gasteiger partial charge in [0.1, 0.15) is 5.82 Å². The van der Waals surface area contributed by atoms with Crippen molar-refractivity contribution < 1.29 is 8.91 Å². The standard InChI is InChI=1S/C22H28N6O/c1-15(2)13-28-6-4-16(5-7-28)22(29)26-21-9-17-8-20(19-12-25-27(3)14-19)23-10-18(17)11-24-21/h8-12,14-16H,4-7,13H2,1-3H3,(H,24,26,29)/i3D3. The number of amides is 1. The highest BCUT2D eigenvalue weighted by atomic mass is 16.1. The SMILES string of the molecule is [2H]C([2H])([2H])n1cc(-c2cc3cc(NC(=O)C4CCN(CC(C)C)CC4)ncc3cn2)cn1. The third kappa shape index (κ3) is 4.62. The summed E-state index contributed by atoms with van der Waals surface area (Å²) in [4.78, 5) is 24.0. The molecule has 1 fully saturated rings. The Morgan fingerprint density at radius 1 is 1.21 bits per heavy atom. The van der Waals surface area contributed by atoms with E-state index < -0.39 is 6.98 Å². The number of hydrogen-bond acceptors (Lipinski definition) is 5. The monoisotopic (exact) mass is 395 g/mol. The van der Waals surface area contributed by atoms with Gasteiger partial charge in [-0.2, -0.15) is 5.10 Å². The van der Waals surface area contributed by atoms with Gasteiger partial charge in [0.2, 0.25) is 5.91 Å². The van der Waals surface area contributed by atoms with E-state index in [0.29, 0.717) is 23.0 Å². The van der Waals surface area contributed by atoms with Crippen LogP contribution in [0.1, 0.15) is 30.8 Å². The van der Waals surface area contributed by atoms with Gasteiger partial charge in [0.15, 0.2) is 0 Å². The third-order valence-corrected chi connectivity index (χ3v) is 5.31. The minimum Gasteiger partial charge on any atom is -0.310 e. The Balaban J connectivity index is 1.46. The summed E-state index contributed by atoms with van der Waals surface area (Å²) in [5.74, 6) is 1.13. The molecule has 1 aliphatic rings. The first kappa shape index (κ1) is 16.0. The van der Waals surface area contributed by atoms with E-state index in [4.69, 9.17) is 4.11 Å². The zero-order valence-electron chi connectivity index (χ0n) is 19.8. The van der Waals surface area contributed by atoms with Gasteiger partial charge in [-0.3, -0.25) is 14.5 Å². The van der Waals surface area contributed by atoms with Crippen molar-refractivity contribution in [2.45, 2.75) is 26.7 Å². The van der Waals surface area contributed by atoms with Crippen LogP contribution >= 0.6 is 0 Å². The zero-order valence-corrected chi connectivity index (χ0v) is 16.8. The van der Waals surface area contributed by atoms with E-state index >= 15 is 0 Å². The lowest BCUT2D eigenvalue weighted by Gasteiger charge is -2.32. The minimum atomic E-state index is -2.33. The predicted octanol–water partition coefficient (Wildman–Crippen LogP) is 3.34. The van der Waals surface area contributed by atoms with Crippen LogP contribution in [0.25, 0.3) is 22.0 Å². The highest BCUT2D eigenvalue weighted by Gasteiger charge is 2.25. The van der Waals surface area contributed by atoms with Gasteiger partial charge in [0, 0.05) is 53.1 Å². The summed E-state index contributed by atoms with van der Waals surface area (Å²) in [5, 5.41) is 8.56. The maximum Gasteiger partial charge on any atom is 0.228 e. The summed E-state index contributed by atoms with van der Waals surface area (Å²) in [5.41, 5.74) is 1.22. The molecule has 29 heavy (non-hydrogen) atoms. The summed E-state index contributed by atoms with van der Waals surface area (Å²) in [6.07, 6.45) is 8.01. The van der Waals surface area contributed by atoms with Crippen molar-refractivity contribution in [2.75, 3.05) is 25.0 Å². The molecule has 0 atom stereocenters. The highest BCUT2D eigenvalue weighted by Crippen LogP contribution is 2.24. The highest BCUT2D eigenvalue weighted by molar-refractivity contribution is 5.94. The van der Waals surface area contributed by atoms with Crippen LogP contribution in [0.2, 0.25) is 0 Å². The second-order valence-corrected chi connectivity index (χ2v) is 8.12. The molecule has 3 aromatic heterocycles. The van der Waals surface area contributed by atoms with E-state index in [-0.39, 0.29) is 11.8 Å². The second-order valence-electron chi connectivity index (χ2n) is 8.12. The van der Waals surface area contributed by atoms with Crippen LogP contribution < -0.4 is 5.32 Å². The van der Waals surface area contributed by atoms with Gasteiger partial charge in [-0.25, -0.2) is 4.98 Å². The Kier molecular flexibility index (Phi) is 4.59. The van der Waals surface area contributed by atoms with E-state index in [1.54, 1.807) is 12.4 Å². The number of aryl methyl sites for hydroxylation is 1. The molecule has 1 N–H and O–H groups in total. The molecule has 0 spiro atoms. The average molecular weight is 396 g/mol. The van der Waals surface area contributed by atoms with Crippen molar-refractivity contribution in [3.63, 3.8) is 0 Å². The molecule has 4 heterocycles. The maximum absolute atomic E-state index is 12.8. The van der Waals surface area contributed by atoms with Crippen LogP contribution in [0.4, 0.5) is 5.82 Å². The molecule has 0 aromatic carbocycles. The number of carbonyl (C=O) groups excluding carboxylic acids is 1. The molecule has 152 valence electrons.